The zero-order valence-corrected chi connectivity index (χ0v) is 13.5. The fourth-order valence-electron chi connectivity index (χ4n) is 4.38. The van der Waals surface area contributed by atoms with Crippen molar-refractivity contribution in [3.63, 3.8) is 0 Å². The molecule has 3 N–H and O–H groups in total. The van der Waals surface area contributed by atoms with Gasteiger partial charge in [0.05, 0.1) is 0 Å². The van der Waals surface area contributed by atoms with Gasteiger partial charge in [0.25, 0.3) is 5.56 Å². The van der Waals surface area contributed by atoms with E-state index in [1.165, 1.54) is 19.3 Å². The summed E-state index contributed by atoms with van der Waals surface area (Å²) in [6, 6.07) is 6.27. The standard InChI is InChI=1S/C19H24N2O2/c1-11-8-15-12(6-7-21-19(15)22)10-18(11)23-17-5-3-13-9-14(17)2-4-16(13)20/h6-8,10,13-14,16-17H,2-5,9,20H2,1H3,(H,21,22). The number of nitrogens with one attached hydrogen (secondary N) is 1. The van der Waals surface area contributed by atoms with Gasteiger partial charge in [-0.1, -0.05) is 0 Å². The summed E-state index contributed by atoms with van der Waals surface area (Å²) < 4.78 is 6.40. The van der Waals surface area contributed by atoms with Gasteiger partial charge in [-0.3, -0.25) is 4.79 Å². The molecule has 0 spiro atoms. The Kier molecular flexibility index (Phi) is 3.64. The first-order chi connectivity index (χ1) is 11.1. The van der Waals surface area contributed by atoms with Crippen molar-refractivity contribution in [1.29, 1.82) is 0 Å². The van der Waals surface area contributed by atoms with Crippen molar-refractivity contribution in [2.24, 2.45) is 17.6 Å². The summed E-state index contributed by atoms with van der Waals surface area (Å²) in [6.07, 6.45) is 7.76. The molecule has 4 unspecified atom stereocenters. The summed E-state index contributed by atoms with van der Waals surface area (Å²) in [5.74, 6) is 2.23. The molecule has 2 bridgehead atoms. The van der Waals surface area contributed by atoms with Gasteiger partial charge in [-0.05, 0) is 80.0 Å². The van der Waals surface area contributed by atoms with Crippen LogP contribution in [0.5, 0.6) is 5.75 Å². The van der Waals surface area contributed by atoms with Crippen LogP contribution < -0.4 is 16.0 Å². The van der Waals surface area contributed by atoms with Gasteiger partial charge in [-0.25, -0.2) is 0 Å². The number of hydrogen-bond donors (Lipinski definition) is 2. The van der Waals surface area contributed by atoms with E-state index in [4.69, 9.17) is 10.5 Å². The highest BCUT2D eigenvalue weighted by atomic mass is 16.5. The Morgan fingerprint density at radius 3 is 2.87 bits per heavy atom. The van der Waals surface area contributed by atoms with Crippen molar-refractivity contribution in [3.8, 4) is 5.75 Å². The molecule has 2 saturated carbocycles. The Labute approximate surface area is 136 Å². The van der Waals surface area contributed by atoms with E-state index >= 15 is 0 Å². The lowest BCUT2D eigenvalue weighted by Crippen LogP contribution is -2.45. The van der Waals surface area contributed by atoms with Crippen molar-refractivity contribution in [2.75, 3.05) is 0 Å². The minimum Gasteiger partial charge on any atom is -0.490 e. The Bertz CT molecular complexity index is 783. The second-order valence-corrected chi connectivity index (χ2v) is 7.24. The molecule has 1 heterocycles. The minimum atomic E-state index is -0.0427. The number of aromatic nitrogens is 1. The Morgan fingerprint density at radius 1 is 1.17 bits per heavy atom. The number of benzene rings is 1. The summed E-state index contributed by atoms with van der Waals surface area (Å²) >= 11 is 0. The number of aromatic amines is 1. The number of rotatable bonds is 2. The lowest BCUT2D eigenvalue weighted by molar-refractivity contribution is 0.0316. The van der Waals surface area contributed by atoms with E-state index in [9.17, 15) is 4.79 Å². The van der Waals surface area contributed by atoms with Gasteiger partial charge in [0.15, 0.2) is 0 Å². The van der Waals surface area contributed by atoms with Crippen LogP contribution in [0.2, 0.25) is 0 Å². The van der Waals surface area contributed by atoms with Gasteiger partial charge in [-0.2, -0.15) is 0 Å². The number of hydrogen-bond acceptors (Lipinski definition) is 3. The Balaban J connectivity index is 1.60. The van der Waals surface area contributed by atoms with E-state index in [2.05, 4.69) is 4.98 Å². The van der Waals surface area contributed by atoms with Gasteiger partial charge in [0.1, 0.15) is 11.9 Å². The molecular weight excluding hydrogens is 288 g/mol. The van der Waals surface area contributed by atoms with Gasteiger partial charge >= 0.3 is 0 Å². The summed E-state index contributed by atoms with van der Waals surface area (Å²) in [5.41, 5.74) is 7.20. The van der Waals surface area contributed by atoms with Gasteiger partial charge in [0.2, 0.25) is 0 Å². The highest BCUT2D eigenvalue weighted by Gasteiger charge is 2.38. The van der Waals surface area contributed by atoms with E-state index in [-0.39, 0.29) is 11.7 Å². The van der Waals surface area contributed by atoms with E-state index in [0.29, 0.717) is 17.9 Å². The summed E-state index contributed by atoms with van der Waals surface area (Å²) in [7, 11) is 0. The van der Waals surface area contributed by atoms with Gasteiger partial charge in [-0.15, -0.1) is 0 Å². The molecule has 0 radical (unpaired) electrons. The first-order valence-corrected chi connectivity index (χ1v) is 8.66. The average Bonchev–Trinajstić information content (AvgIpc) is 2.55. The average molecular weight is 312 g/mol. The Hall–Kier alpha value is -1.81. The first kappa shape index (κ1) is 14.8. The maximum atomic E-state index is 11.9. The minimum absolute atomic E-state index is 0.0427. The van der Waals surface area contributed by atoms with Crippen LogP contribution in [0, 0.1) is 18.8 Å². The smallest absolute Gasteiger partial charge is 0.255 e. The van der Waals surface area contributed by atoms with Crippen LogP contribution in [0.1, 0.15) is 37.7 Å². The third kappa shape index (κ3) is 2.65. The lowest BCUT2D eigenvalue weighted by Gasteiger charge is -2.43. The summed E-state index contributed by atoms with van der Waals surface area (Å²) in [6.45, 7) is 2.02. The van der Waals surface area contributed by atoms with Crippen LogP contribution in [0.3, 0.4) is 0 Å². The third-order valence-corrected chi connectivity index (χ3v) is 5.78. The topological polar surface area (TPSA) is 68.1 Å². The molecule has 4 heteroatoms. The Morgan fingerprint density at radius 2 is 2.00 bits per heavy atom. The fraction of sp³-hybridized carbons (Fsp3) is 0.526. The van der Waals surface area contributed by atoms with Crippen LogP contribution in [-0.4, -0.2) is 17.1 Å². The molecule has 2 aliphatic carbocycles. The number of fused-ring (bicyclic) bond motifs is 3. The molecule has 4 atom stereocenters. The normalized spacial score (nSPS) is 30.3. The van der Waals surface area contributed by atoms with Crippen molar-refractivity contribution in [1.82, 2.24) is 4.98 Å². The molecule has 23 heavy (non-hydrogen) atoms. The number of H-pyrrole nitrogens is 1. The largest absolute Gasteiger partial charge is 0.490 e. The molecule has 2 fully saturated rings. The zero-order chi connectivity index (χ0) is 16.0. The van der Waals surface area contributed by atoms with Crippen molar-refractivity contribution in [3.05, 3.63) is 40.3 Å². The highest BCUT2D eigenvalue weighted by Crippen LogP contribution is 2.41. The van der Waals surface area contributed by atoms with Gasteiger partial charge < -0.3 is 15.5 Å². The number of nitrogens with two attached hydrogens (primary N) is 1. The SMILES string of the molecule is Cc1cc2c(=O)[nH]ccc2cc1OC1CCC2CC1CCC2N. The van der Waals surface area contributed by atoms with Crippen LogP contribution >= 0.6 is 0 Å². The van der Waals surface area contributed by atoms with E-state index in [1.807, 2.05) is 25.1 Å². The van der Waals surface area contributed by atoms with E-state index < -0.39 is 0 Å². The zero-order valence-electron chi connectivity index (χ0n) is 13.5. The van der Waals surface area contributed by atoms with E-state index in [0.717, 1.165) is 34.9 Å². The molecule has 0 saturated heterocycles. The maximum Gasteiger partial charge on any atom is 0.255 e. The number of ether oxygens (including phenoxy) is 1. The molecule has 2 aromatic rings. The first-order valence-electron chi connectivity index (χ1n) is 8.66. The van der Waals surface area contributed by atoms with Crippen molar-refractivity contribution < 1.29 is 4.74 Å². The number of pyridine rings is 1. The molecule has 1 aromatic carbocycles. The molecule has 1 aromatic heterocycles. The van der Waals surface area contributed by atoms with Gasteiger partial charge in [0, 0.05) is 17.6 Å². The maximum absolute atomic E-state index is 11.9. The van der Waals surface area contributed by atoms with E-state index in [1.54, 1.807) is 6.20 Å². The van der Waals surface area contributed by atoms with Crippen LogP contribution in [-0.2, 0) is 0 Å². The summed E-state index contributed by atoms with van der Waals surface area (Å²) in [5, 5.41) is 1.67. The monoisotopic (exact) mass is 312 g/mol. The van der Waals surface area contributed by atoms with Crippen LogP contribution in [0.25, 0.3) is 10.8 Å². The van der Waals surface area contributed by atoms with Crippen molar-refractivity contribution >= 4 is 10.8 Å². The second kappa shape index (κ2) is 5.68. The molecular formula is C19H24N2O2. The fourth-order valence-corrected chi connectivity index (χ4v) is 4.38. The lowest BCUT2D eigenvalue weighted by atomic mass is 9.68. The molecule has 4 nitrogen and oxygen atoms in total. The molecule has 0 amide bonds. The summed E-state index contributed by atoms with van der Waals surface area (Å²) in [4.78, 5) is 14.6. The third-order valence-electron chi connectivity index (χ3n) is 5.78. The molecule has 2 aliphatic rings. The molecule has 122 valence electrons. The highest BCUT2D eigenvalue weighted by molar-refractivity contribution is 5.83. The molecule has 4 rings (SSSR count). The predicted octanol–water partition coefficient (Wildman–Crippen LogP) is 3.12. The van der Waals surface area contributed by atoms with Crippen LogP contribution in [0.4, 0.5) is 0 Å². The predicted molar refractivity (Wildman–Crippen MR) is 91.8 cm³/mol. The second-order valence-electron chi connectivity index (χ2n) is 7.24. The molecule has 0 aliphatic heterocycles. The number of aryl methyl sites for hydroxylation is 1. The quantitative estimate of drug-likeness (QED) is 0.895. The van der Waals surface area contributed by atoms with Crippen LogP contribution in [0.15, 0.2) is 29.2 Å². The van der Waals surface area contributed by atoms with Crippen molar-refractivity contribution in [2.45, 2.75) is 51.2 Å².